The summed E-state index contributed by atoms with van der Waals surface area (Å²) < 4.78 is 5.64. The standard InChI is InChI=1S/C18H29NO/c1-5-13-20-16-10-8-15(9-11-16)14(2)19-17-7-6-12-18(17,3)4/h8-11,14,17,19H,5-7,12-13H2,1-4H3. The van der Waals surface area contributed by atoms with Gasteiger partial charge >= 0.3 is 0 Å². The maximum atomic E-state index is 5.64. The summed E-state index contributed by atoms with van der Waals surface area (Å²) in [4.78, 5) is 0. The van der Waals surface area contributed by atoms with Gasteiger partial charge in [0, 0.05) is 12.1 Å². The largest absolute Gasteiger partial charge is 0.494 e. The first kappa shape index (κ1) is 15.4. The van der Waals surface area contributed by atoms with Crippen molar-refractivity contribution in [3.8, 4) is 5.75 Å². The van der Waals surface area contributed by atoms with E-state index < -0.39 is 0 Å². The van der Waals surface area contributed by atoms with Crippen molar-refractivity contribution in [2.75, 3.05) is 6.61 Å². The highest BCUT2D eigenvalue weighted by Gasteiger charge is 2.34. The minimum absolute atomic E-state index is 0.401. The van der Waals surface area contributed by atoms with E-state index in [1.165, 1.54) is 24.8 Å². The first-order valence-electron chi connectivity index (χ1n) is 8.02. The second-order valence-electron chi connectivity index (χ2n) is 6.74. The third-order valence-electron chi connectivity index (χ3n) is 4.56. The van der Waals surface area contributed by atoms with E-state index in [0.29, 0.717) is 17.5 Å². The van der Waals surface area contributed by atoms with Gasteiger partial charge in [-0.2, -0.15) is 0 Å². The minimum Gasteiger partial charge on any atom is -0.494 e. The summed E-state index contributed by atoms with van der Waals surface area (Å²) in [6.07, 6.45) is 5.04. The number of ether oxygens (including phenoxy) is 1. The average molecular weight is 275 g/mol. The molecular weight excluding hydrogens is 246 g/mol. The van der Waals surface area contributed by atoms with Crippen molar-refractivity contribution in [1.82, 2.24) is 5.32 Å². The Balaban J connectivity index is 1.93. The molecule has 1 aliphatic carbocycles. The molecule has 1 saturated carbocycles. The monoisotopic (exact) mass is 275 g/mol. The van der Waals surface area contributed by atoms with Crippen LogP contribution in [0.2, 0.25) is 0 Å². The summed E-state index contributed by atoms with van der Waals surface area (Å²) in [6.45, 7) is 9.95. The second kappa shape index (κ2) is 6.62. The van der Waals surface area contributed by atoms with Gasteiger partial charge in [0.25, 0.3) is 0 Å². The molecule has 0 heterocycles. The molecule has 2 atom stereocenters. The number of nitrogens with one attached hydrogen (secondary N) is 1. The van der Waals surface area contributed by atoms with E-state index in [-0.39, 0.29) is 0 Å². The van der Waals surface area contributed by atoms with Crippen molar-refractivity contribution in [2.24, 2.45) is 5.41 Å². The minimum atomic E-state index is 0.401. The molecule has 0 spiro atoms. The van der Waals surface area contributed by atoms with Crippen molar-refractivity contribution >= 4 is 0 Å². The third-order valence-corrected chi connectivity index (χ3v) is 4.56. The van der Waals surface area contributed by atoms with Crippen LogP contribution in [0.1, 0.15) is 65.0 Å². The molecular formula is C18H29NO. The Morgan fingerprint density at radius 3 is 2.55 bits per heavy atom. The number of rotatable bonds is 6. The molecule has 0 aliphatic heterocycles. The molecule has 1 N–H and O–H groups in total. The first-order chi connectivity index (χ1) is 9.53. The molecule has 112 valence electrons. The van der Waals surface area contributed by atoms with Gasteiger partial charge in [-0.25, -0.2) is 0 Å². The topological polar surface area (TPSA) is 21.3 Å². The molecule has 2 heteroatoms. The summed E-state index contributed by atoms with van der Waals surface area (Å²) >= 11 is 0. The molecule has 1 aromatic carbocycles. The number of hydrogen-bond donors (Lipinski definition) is 1. The van der Waals surface area contributed by atoms with Crippen LogP contribution in [-0.2, 0) is 0 Å². The van der Waals surface area contributed by atoms with Gasteiger partial charge in [-0.15, -0.1) is 0 Å². The molecule has 0 saturated heterocycles. The van der Waals surface area contributed by atoms with Crippen molar-refractivity contribution in [3.05, 3.63) is 29.8 Å². The molecule has 0 aromatic heterocycles. The van der Waals surface area contributed by atoms with Crippen molar-refractivity contribution < 1.29 is 4.74 Å². The van der Waals surface area contributed by atoms with Crippen molar-refractivity contribution in [2.45, 2.75) is 65.5 Å². The lowest BCUT2D eigenvalue weighted by Crippen LogP contribution is -2.39. The Labute approximate surface area is 123 Å². The molecule has 20 heavy (non-hydrogen) atoms. The van der Waals surface area contributed by atoms with Gasteiger partial charge in [-0.05, 0) is 49.3 Å². The maximum Gasteiger partial charge on any atom is 0.119 e. The van der Waals surface area contributed by atoms with E-state index >= 15 is 0 Å². The maximum absolute atomic E-state index is 5.64. The molecule has 1 fully saturated rings. The zero-order valence-corrected chi connectivity index (χ0v) is 13.4. The molecule has 0 bridgehead atoms. The second-order valence-corrected chi connectivity index (χ2v) is 6.74. The van der Waals surface area contributed by atoms with Crippen LogP contribution in [0.4, 0.5) is 0 Å². The van der Waals surface area contributed by atoms with Crippen LogP contribution in [0.25, 0.3) is 0 Å². The van der Waals surface area contributed by atoms with Crippen LogP contribution < -0.4 is 10.1 Å². The molecule has 1 aliphatic rings. The highest BCUT2D eigenvalue weighted by Crippen LogP contribution is 2.38. The Morgan fingerprint density at radius 1 is 1.30 bits per heavy atom. The quantitative estimate of drug-likeness (QED) is 0.812. The van der Waals surface area contributed by atoms with Gasteiger partial charge in [0.05, 0.1) is 6.61 Å². The van der Waals surface area contributed by atoms with Crippen LogP contribution in [0.5, 0.6) is 5.75 Å². The Hall–Kier alpha value is -1.02. The summed E-state index contributed by atoms with van der Waals surface area (Å²) in [5, 5.41) is 3.81. The van der Waals surface area contributed by atoms with Gasteiger partial charge in [0.2, 0.25) is 0 Å². The SMILES string of the molecule is CCCOc1ccc(C(C)NC2CCCC2(C)C)cc1. The lowest BCUT2D eigenvalue weighted by molar-refractivity contribution is 0.266. The lowest BCUT2D eigenvalue weighted by Gasteiger charge is -2.31. The normalized spacial score (nSPS) is 22.7. The fraction of sp³-hybridized carbons (Fsp3) is 0.667. The molecule has 2 unspecified atom stereocenters. The zero-order valence-electron chi connectivity index (χ0n) is 13.4. The highest BCUT2D eigenvalue weighted by atomic mass is 16.5. The van der Waals surface area contributed by atoms with Crippen molar-refractivity contribution in [3.63, 3.8) is 0 Å². The lowest BCUT2D eigenvalue weighted by atomic mass is 9.86. The Morgan fingerprint density at radius 2 is 2.00 bits per heavy atom. The smallest absolute Gasteiger partial charge is 0.119 e. The molecule has 2 rings (SSSR count). The van der Waals surface area contributed by atoms with Crippen LogP contribution in [0.15, 0.2) is 24.3 Å². The van der Waals surface area contributed by atoms with Gasteiger partial charge in [0.15, 0.2) is 0 Å². The molecule has 2 nitrogen and oxygen atoms in total. The van der Waals surface area contributed by atoms with Crippen LogP contribution in [0.3, 0.4) is 0 Å². The van der Waals surface area contributed by atoms with Crippen LogP contribution in [-0.4, -0.2) is 12.6 Å². The zero-order chi connectivity index (χ0) is 14.6. The molecule has 1 aromatic rings. The van der Waals surface area contributed by atoms with Crippen LogP contribution in [0, 0.1) is 5.41 Å². The molecule has 0 radical (unpaired) electrons. The molecule has 0 amide bonds. The van der Waals surface area contributed by atoms with E-state index in [4.69, 9.17) is 4.74 Å². The van der Waals surface area contributed by atoms with Gasteiger partial charge < -0.3 is 10.1 Å². The third kappa shape index (κ3) is 3.76. The predicted octanol–water partition coefficient (Wildman–Crippen LogP) is 4.70. The van der Waals surface area contributed by atoms with E-state index in [0.717, 1.165) is 18.8 Å². The number of hydrogen-bond acceptors (Lipinski definition) is 2. The van der Waals surface area contributed by atoms with Gasteiger partial charge in [-0.1, -0.05) is 39.3 Å². The summed E-state index contributed by atoms with van der Waals surface area (Å²) in [5.41, 5.74) is 1.77. The fourth-order valence-electron chi connectivity index (χ4n) is 3.11. The number of benzene rings is 1. The van der Waals surface area contributed by atoms with Crippen LogP contribution >= 0.6 is 0 Å². The average Bonchev–Trinajstić information content (AvgIpc) is 2.76. The van der Waals surface area contributed by atoms with Gasteiger partial charge in [-0.3, -0.25) is 0 Å². The van der Waals surface area contributed by atoms with E-state index in [2.05, 4.69) is 57.3 Å². The summed E-state index contributed by atoms with van der Waals surface area (Å²) in [6, 6.07) is 9.58. The fourth-order valence-corrected chi connectivity index (χ4v) is 3.11. The Bertz CT molecular complexity index is 410. The van der Waals surface area contributed by atoms with E-state index in [1.807, 2.05) is 0 Å². The van der Waals surface area contributed by atoms with Crippen molar-refractivity contribution in [1.29, 1.82) is 0 Å². The summed E-state index contributed by atoms with van der Waals surface area (Å²) in [5.74, 6) is 0.976. The van der Waals surface area contributed by atoms with Gasteiger partial charge in [0.1, 0.15) is 5.75 Å². The first-order valence-corrected chi connectivity index (χ1v) is 8.02. The predicted molar refractivity (Wildman–Crippen MR) is 85.2 cm³/mol. The highest BCUT2D eigenvalue weighted by molar-refractivity contribution is 5.29. The van der Waals surface area contributed by atoms with E-state index in [1.54, 1.807) is 0 Å². The van der Waals surface area contributed by atoms with E-state index in [9.17, 15) is 0 Å². The Kier molecular flexibility index (Phi) is 5.09. The summed E-state index contributed by atoms with van der Waals surface area (Å²) in [7, 11) is 0.